The number of aryl methyl sites for hydroxylation is 1. The lowest BCUT2D eigenvalue weighted by atomic mass is 9.98. The molecule has 0 bridgehead atoms. The summed E-state index contributed by atoms with van der Waals surface area (Å²) in [5.41, 5.74) is 4.19. The van der Waals surface area contributed by atoms with Crippen molar-refractivity contribution in [1.82, 2.24) is 4.90 Å². The average Bonchev–Trinajstić information content (AvgIpc) is 2.75. The van der Waals surface area contributed by atoms with E-state index < -0.39 is 5.97 Å². The van der Waals surface area contributed by atoms with Crippen LogP contribution in [-0.4, -0.2) is 55.0 Å². The van der Waals surface area contributed by atoms with Gasteiger partial charge in [0, 0.05) is 36.3 Å². The largest absolute Gasteiger partial charge is 0.497 e. The second-order valence-corrected chi connectivity index (χ2v) is 6.92. The zero-order valence-corrected chi connectivity index (χ0v) is 18.0. The highest BCUT2D eigenvalue weighted by atomic mass is 35.5. The van der Waals surface area contributed by atoms with Crippen LogP contribution in [0.2, 0.25) is 0 Å². The first-order chi connectivity index (χ1) is 14.1. The molecule has 1 aliphatic heterocycles. The molecular formula is C23H27ClN2O4. The van der Waals surface area contributed by atoms with Crippen LogP contribution in [0, 0.1) is 6.92 Å². The third-order valence-electron chi connectivity index (χ3n) is 4.90. The van der Waals surface area contributed by atoms with Crippen molar-refractivity contribution in [3.05, 3.63) is 76.9 Å². The molecule has 0 atom stereocenters. The Kier molecular flexibility index (Phi) is 8.89. The van der Waals surface area contributed by atoms with Gasteiger partial charge in [-0.3, -0.25) is 4.90 Å². The number of methoxy groups -OCH3 is 1. The Bertz CT molecular complexity index is 927. The Morgan fingerprint density at radius 2 is 2.00 bits per heavy atom. The summed E-state index contributed by atoms with van der Waals surface area (Å²) in [5, 5.41) is 13.6. The molecule has 0 amide bonds. The highest BCUT2D eigenvalue weighted by Gasteiger charge is 2.17. The number of ether oxygens (including phenoxy) is 1. The lowest BCUT2D eigenvalue weighted by molar-refractivity contribution is -0.133. The molecule has 0 saturated heterocycles. The van der Waals surface area contributed by atoms with E-state index in [2.05, 4.69) is 10.1 Å². The average molecular weight is 431 g/mol. The monoisotopic (exact) mass is 430 g/mol. The van der Waals surface area contributed by atoms with Crippen LogP contribution in [0.25, 0.3) is 0 Å². The van der Waals surface area contributed by atoms with Gasteiger partial charge in [-0.25, -0.2) is 4.79 Å². The van der Waals surface area contributed by atoms with Crippen molar-refractivity contribution in [2.24, 2.45) is 5.16 Å². The van der Waals surface area contributed by atoms with Gasteiger partial charge in [0.2, 0.25) is 0 Å². The molecule has 1 heterocycles. The summed E-state index contributed by atoms with van der Waals surface area (Å²) in [6.07, 6.45) is 2.53. The number of nitrogens with zero attached hydrogens (tertiary/aromatic N) is 2. The number of carboxylic acid groups (broad SMARTS) is 1. The fraction of sp³-hybridized carbons (Fsp3) is 0.304. The van der Waals surface area contributed by atoms with Gasteiger partial charge in [0.25, 0.3) is 0 Å². The van der Waals surface area contributed by atoms with Crippen LogP contribution in [-0.2, 0) is 9.63 Å². The fourth-order valence-corrected chi connectivity index (χ4v) is 3.30. The molecule has 0 saturated carbocycles. The minimum absolute atomic E-state index is 0. The van der Waals surface area contributed by atoms with Crippen molar-refractivity contribution in [2.75, 3.05) is 33.4 Å². The Hall–Kier alpha value is -2.83. The van der Waals surface area contributed by atoms with Crippen LogP contribution >= 0.6 is 12.4 Å². The molecule has 2 aromatic rings. The lowest BCUT2D eigenvalue weighted by Gasteiger charge is -2.24. The number of hydrogen-bond donors (Lipinski definition) is 1. The zero-order chi connectivity index (χ0) is 20.6. The number of benzene rings is 2. The standard InChI is InChI=1S/C23H26N2O4.ClH/c1-17-7-3-4-11-21(17)22(18-8-5-10-20(15-18)28-2)24-29-14-13-25-12-6-9-19(16-25)23(26)27;/h3-5,7-11,15H,6,12-14,16H2,1-2H3,(H,26,27);1H. The van der Waals surface area contributed by atoms with Gasteiger partial charge in [-0.2, -0.15) is 0 Å². The predicted molar refractivity (Wildman–Crippen MR) is 120 cm³/mol. The highest BCUT2D eigenvalue weighted by molar-refractivity contribution is 6.13. The smallest absolute Gasteiger partial charge is 0.332 e. The molecule has 0 aromatic heterocycles. The molecule has 1 aliphatic rings. The van der Waals surface area contributed by atoms with Gasteiger partial charge in [0.1, 0.15) is 18.1 Å². The van der Waals surface area contributed by atoms with Crippen LogP contribution in [0.1, 0.15) is 23.1 Å². The summed E-state index contributed by atoms with van der Waals surface area (Å²) >= 11 is 0. The first-order valence-corrected chi connectivity index (χ1v) is 9.63. The molecule has 0 spiro atoms. The fourth-order valence-electron chi connectivity index (χ4n) is 3.30. The van der Waals surface area contributed by atoms with Crippen LogP contribution in [0.3, 0.4) is 0 Å². The molecule has 0 unspecified atom stereocenters. The summed E-state index contributed by atoms with van der Waals surface area (Å²) in [6, 6.07) is 15.8. The summed E-state index contributed by atoms with van der Waals surface area (Å²) in [5.74, 6) is -0.0985. The van der Waals surface area contributed by atoms with Crippen LogP contribution < -0.4 is 4.74 Å². The zero-order valence-electron chi connectivity index (χ0n) is 17.2. The van der Waals surface area contributed by atoms with Crippen molar-refractivity contribution >= 4 is 24.1 Å². The topological polar surface area (TPSA) is 71.4 Å². The van der Waals surface area contributed by atoms with Gasteiger partial charge >= 0.3 is 5.97 Å². The molecule has 160 valence electrons. The van der Waals surface area contributed by atoms with Crippen molar-refractivity contribution in [3.63, 3.8) is 0 Å². The van der Waals surface area contributed by atoms with E-state index >= 15 is 0 Å². The minimum atomic E-state index is -0.853. The third kappa shape index (κ3) is 6.08. The maximum atomic E-state index is 11.2. The molecule has 30 heavy (non-hydrogen) atoms. The Balaban J connectivity index is 0.00000320. The molecule has 7 heteroatoms. The quantitative estimate of drug-likeness (QED) is 0.390. The van der Waals surface area contributed by atoms with E-state index in [9.17, 15) is 4.79 Å². The molecule has 1 N–H and O–H groups in total. The van der Waals surface area contributed by atoms with Gasteiger partial charge in [-0.1, -0.05) is 47.6 Å². The van der Waals surface area contributed by atoms with Gasteiger partial charge in [-0.05, 0) is 31.0 Å². The van der Waals surface area contributed by atoms with Crippen molar-refractivity contribution in [1.29, 1.82) is 0 Å². The number of halogens is 1. The van der Waals surface area contributed by atoms with Crippen molar-refractivity contribution < 1.29 is 19.5 Å². The van der Waals surface area contributed by atoms with E-state index in [1.54, 1.807) is 13.2 Å². The second-order valence-electron chi connectivity index (χ2n) is 6.92. The van der Waals surface area contributed by atoms with E-state index in [1.165, 1.54) is 0 Å². The van der Waals surface area contributed by atoms with Crippen molar-refractivity contribution in [2.45, 2.75) is 13.3 Å². The van der Waals surface area contributed by atoms with Crippen LogP contribution in [0.4, 0.5) is 0 Å². The van der Waals surface area contributed by atoms with Gasteiger partial charge in [0.05, 0.1) is 7.11 Å². The summed E-state index contributed by atoms with van der Waals surface area (Å²) in [6.45, 7) is 4.30. The number of carbonyl (C=O) groups is 1. The van der Waals surface area contributed by atoms with E-state index in [1.807, 2.05) is 55.5 Å². The normalized spacial score (nSPS) is 14.5. The Morgan fingerprint density at radius 3 is 2.73 bits per heavy atom. The first kappa shape index (κ1) is 23.4. The van der Waals surface area contributed by atoms with E-state index in [0.29, 0.717) is 25.3 Å². The van der Waals surface area contributed by atoms with E-state index in [4.69, 9.17) is 14.7 Å². The summed E-state index contributed by atoms with van der Waals surface area (Å²) in [7, 11) is 1.64. The number of oxime groups is 1. The number of rotatable bonds is 8. The second kappa shape index (κ2) is 11.4. The maximum absolute atomic E-state index is 11.2. The molecule has 0 fully saturated rings. The summed E-state index contributed by atoms with van der Waals surface area (Å²) < 4.78 is 5.35. The van der Waals surface area contributed by atoms with E-state index in [-0.39, 0.29) is 12.4 Å². The van der Waals surface area contributed by atoms with Crippen molar-refractivity contribution in [3.8, 4) is 5.75 Å². The Morgan fingerprint density at radius 1 is 1.20 bits per heavy atom. The van der Waals surface area contributed by atoms with Crippen LogP contribution in [0.15, 0.2) is 65.3 Å². The lowest BCUT2D eigenvalue weighted by Crippen LogP contribution is -2.34. The van der Waals surface area contributed by atoms with Gasteiger partial charge < -0.3 is 14.7 Å². The predicted octanol–water partition coefficient (Wildman–Crippen LogP) is 3.91. The number of hydrogen-bond acceptors (Lipinski definition) is 5. The maximum Gasteiger partial charge on any atom is 0.332 e. The SMILES string of the molecule is COc1cccc(C(=NOCCN2CCC=C(C(=O)O)C2)c2ccccc2C)c1.Cl. The molecule has 2 aromatic carbocycles. The number of aliphatic carboxylic acids is 1. The molecule has 0 aliphatic carbocycles. The third-order valence-corrected chi connectivity index (χ3v) is 4.90. The van der Waals surface area contributed by atoms with Gasteiger partial charge in [0.15, 0.2) is 0 Å². The van der Waals surface area contributed by atoms with Crippen LogP contribution in [0.5, 0.6) is 5.75 Å². The number of carboxylic acids is 1. The molecule has 0 radical (unpaired) electrons. The Labute approximate surface area is 183 Å². The van der Waals surface area contributed by atoms with E-state index in [0.717, 1.165) is 41.1 Å². The highest BCUT2D eigenvalue weighted by Crippen LogP contribution is 2.19. The molecular weight excluding hydrogens is 404 g/mol. The first-order valence-electron chi connectivity index (χ1n) is 9.63. The summed E-state index contributed by atoms with van der Waals surface area (Å²) in [4.78, 5) is 18.9. The molecule has 6 nitrogen and oxygen atoms in total. The molecule has 3 rings (SSSR count). The minimum Gasteiger partial charge on any atom is -0.497 e. The van der Waals surface area contributed by atoms with Gasteiger partial charge in [-0.15, -0.1) is 12.4 Å².